The summed E-state index contributed by atoms with van der Waals surface area (Å²) < 4.78 is 4.77. The number of hydrogen-bond acceptors (Lipinski definition) is 3. The van der Waals surface area contributed by atoms with Gasteiger partial charge in [-0.15, -0.1) is 0 Å². The van der Waals surface area contributed by atoms with Crippen LogP contribution in [-0.4, -0.2) is 11.2 Å². The first-order chi connectivity index (χ1) is 7.18. The van der Waals surface area contributed by atoms with Crippen molar-refractivity contribution in [3.63, 3.8) is 0 Å². The van der Waals surface area contributed by atoms with Crippen LogP contribution in [0.4, 0.5) is 0 Å². The van der Waals surface area contributed by atoms with Gasteiger partial charge in [0.05, 0.1) is 6.20 Å². The van der Waals surface area contributed by atoms with Gasteiger partial charge in [-0.2, -0.15) is 0 Å². The topological polar surface area (TPSA) is 38.1 Å². The smallest absolute Gasteiger partial charge is 0.128 e. The molecule has 0 radical (unpaired) electrons. The minimum atomic E-state index is 0.568. The second kappa shape index (κ2) is 6.62. The summed E-state index contributed by atoms with van der Waals surface area (Å²) in [5.41, 5.74) is 1.12. The van der Waals surface area contributed by atoms with Crippen LogP contribution in [-0.2, 0) is 6.54 Å². The summed E-state index contributed by atoms with van der Waals surface area (Å²) in [6.07, 6.45) is 7.31. The molecule has 1 aromatic rings. The lowest BCUT2D eigenvalue weighted by Gasteiger charge is -2.13. The van der Waals surface area contributed by atoms with E-state index in [1.54, 1.807) is 12.5 Å². The van der Waals surface area contributed by atoms with Crippen molar-refractivity contribution >= 4 is 0 Å². The lowest BCUT2D eigenvalue weighted by Crippen LogP contribution is -2.25. The molecule has 15 heavy (non-hydrogen) atoms. The van der Waals surface area contributed by atoms with E-state index in [-0.39, 0.29) is 0 Å². The van der Waals surface area contributed by atoms with Gasteiger partial charge in [-0.1, -0.05) is 31.8 Å². The first-order valence-electron chi connectivity index (χ1n) is 5.80. The monoisotopic (exact) mass is 210 g/mol. The van der Waals surface area contributed by atoms with Gasteiger partial charge in [-0.05, 0) is 19.3 Å². The van der Waals surface area contributed by atoms with E-state index in [4.69, 9.17) is 4.52 Å². The summed E-state index contributed by atoms with van der Waals surface area (Å²) in [5.74, 6) is 0.815. The van der Waals surface area contributed by atoms with Gasteiger partial charge in [0.15, 0.2) is 0 Å². The van der Waals surface area contributed by atoms with Gasteiger partial charge in [0.1, 0.15) is 6.26 Å². The quantitative estimate of drug-likeness (QED) is 0.752. The predicted octanol–water partition coefficient (Wildman–Crippen LogP) is 2.98. The number of nitrogens with zero attached hydrogens (tertiary/aromatic N) is 1. The average Bonchev–Trinajstić information content (AvgIpc) is 2.66. The molecule has 0 fully saturated rings. The third-order valence-electron chi connectivity index (χ3n) is 2.56. The highest BCUT2D eigenvalue weighted by Crippen LogP contribution is 2.08. The van der Waals surface area contributed by atoms with Crippen LogP contribution < -0.4 is 5.32 Å². The Hall–Kier alpha value is -0.830. The van der Waals surface area contributed by atoms with E-state index >= 15 is 0 Å². The van der Waals surface area contributed by atoms with E-state index < -0.39 is 0 Å². The van der Waals surface area contributed by atoms with Crippen molar-refractivity contribution < 1.29 is 4.52 Å². The maximum atomic E-state index is 4.77. The maximum absolute atomic E-state index is 4.77. The average molecular weight is 210 g/mol. The Bertz CT molecular complexity index is 244. The summed E-state index contributed by atoms with van der Waals surface area (Å²) in [6.45, 7) is 7.63. The molecular formula is C12H22N2O. The molecule has 1 heterocycles. The Morgan fingerprint density at radius 3 is 2.73 bits per heavy atom. The first-order valence-corrected chi connectivity index (χ1v) is 5.80. The van der Waals surface area contributed by atoms with E-state index in [0.29, 0.717) is 6.04 Å². The molecule has 0 aliphatic rings. The summed E-state index contributed by atoms with van der Waals surface area (Å²) in [6, 6.07) is 0.568. The summed E-state index contributed by atoms with van der Waals surface area (Å²) in [5, 5.41) is 7.13. The summed E-state index contributed by atoms with van der Waals surface area (Å²) >= 11 is 0. The molecule has 1 aromatic heterocycles. The van der Waals surface area contributed by atoms with Gasteiger partial charge in [0.25, 0.3) is 0 Å². The van der Waals surface area contributed by atoms with Crippen molar-refractivity contribution in [1.29, 1.82) is 0 Å². The highest BCUT2D eigenvalue weighted by atomic mass is 16.5. The second-order valence-corrected chi connectivity index (χ2v) is 4.64. The van der Waals surface area contributed by atoms with Crippen LogP contribution in [0, 0.1) is 5.92 Å². The molecule has 0 saturated carbocycles. The van der Waals surface area contributed by atoms with E-state index in [1.807, 2.05) is 0 Å². The Balaban J connectivity index is 2.06. The maximum Gasteiger partial charge on any atom is 0.128 e. The van der Waals surface area contributed by atoms with Gasteiger partial charge in [0, 0.05) is 18.2 Å². The fourth-order valence-electron chi connectivity index (χ4n) is 1.54. The highest BCUT2D eigenvalue weighted by molar-refractivity contribution is 4.99. The number of rotatable bonds is 7. The van der Waals surface area contributed by atoms with Gasteiger partial charge in [-0.25, -0.2) is 0 Å². The standard InChI is InChI=1S/C12H22N2O/c1-10(2)5-4-6-11(3)13-7-12-8-14-15-9-12/h8-11,13H,4-7H2,1-3H3. The van der Waals surface area contributed by atoms with E-state index in [0.717, 1.165) is 18.0 Å². The highest BCUT2D eigenvalue weighted by Gasteiger charge is 2.03. The van der Waals surface area contributed by atoms with Crippen LogP contribution in [0.3, 0.4) is 0 Å². The second-order valence-electron chi connectivity index (χ2n) is 4.64. The van der Waals surface area contributed by atoms with Crippen molar-refractivity contribution in [3.8, 4) is 0 Å². The Labute approximate surface area is 92.2 Å². The normalized spacial score (nSPS) is 13.3. The molecule has 1 rings (SSSR count). The minimum Gasteiger partial charge on any atom is -0.364 e. The third-order valence-corrected chi connectivity index (χ3v) is 2.56. The molecule has 86 valence electrons. The number of hydrogen-bond donors (Lipinski definition) is 1. The van der Waals surface area contributed by atoms with E-state index in [2.05, 4.69) is 31.2 Å². The van der Waals surface area contributed by atoms with Gasteiger partial charge < -0.3 is 9.84 Å². The van der Waals surface area contributed by atoms with Gasteiger partial charge >= 0.3 is 0 Å². The van der Waals surface area contributed by atoms with Crippen LogP contribution in [0.1, 0.15) is 45.6 Å². The Morgan fingerprint density at radius 2 is 2.13 bits per heavy atom. The first kappa shape index (κ1) is 12.2. The molecule has 1 N–H and O–H groups in total. The zero-order valence-corrected chi connectivity index (χ0v) is 9.99. The summed E-state index contributed by atoms with van der Waals surface area (Å²) in [7, 11) is 0. The molecule has 0 aliphatic carbocycles. The lowest BCUT2D eigenvalue weighted by molar-refractivity contribution is 0.417. The number of nitrogens with one attached hydrogen (secondary N) is 1. The zero-order valence-electron chi connectivity index (χ0n) is 9.99. The fraction of sp³-hybridized carbons (Fsp3) is 0.750. The molecule has 0 aromatic carbocycles. The lowest BCUT2D eigenvalue weighted by atomic mass is 10.0. The van der Waals surface area contributed by atoms with E-state index in [9.17, 15) is 0 Å². The molecule has 3 heteroatoms. The zero-order chi connectivity index (χ0) is 11.1. The van der Waals surface area contributed by atoms with E-state index in [1.165, 1.54) is 19.3 Å². The van der Waals surface area contributed by atoms with Crippen molar-refractivity contribution in [2.75, 3.05) is 0 Å². The van der Waals surface area contributed by atoms with Gasteiger partial charge in [0.2, 0.25) is 0 Å². The van der Waals surface area contributed by atoms with Crippen LogP contribution in [0.5, 0.6) is 0 Å². The van der Waals surface area contributed by atoms with Crippen molar-refractivity contribution in [2.24, 2.45) is 5.92 Å². The Morgan fingerprint density at radius 1 is 1.33 bits per heavy atom. The van der Waals surface area contributed by atoms with Crippen molar-refractivity contribution in [1.82, 2.24) is 10.5 Å². The van der Waals surface area contributed by atoms with Crippen LogP contribution in [0.25, 0.3) is 0 Å². The molecule has 0 amide bonds. The Kier molecular flexibility index (Phi) is 5.40. The molecule has 1 unspecified atom stereocenters. The molecular weight excluding hydrogens is 188 g/mol. The molecule has 0 saturated heterocycles. The minimum absolute atomic E-state index is 0.568. The SMILES string of the molecule is CC(C)CCCC(C)NCc1cnoc1. The van der Waals surface area contributed by atoms with Crippen LogP contribution in [0.2, 0.25) is 0 Å². The van der Waals surface area contributed by atoms with Gasteiger partial charge in [-0.3, -0.25) is 0 Å². The van der Waals surface area contributed by atoms with Crippen molar-refractivity contribution in [3.05, 3.63) is 18.0 Å². The predicted molar refractivity (Wildman–Crippen MR) is 61.5 cm³/mol. The summed E-state index contributed by atoms with van der Waals surface area (Å²) in [4.78, 5) is 0. The molecule has 0 aliphatic heterocycles. The van der Waals surface area contributed by atoms with Crippen LogP contribution >= 0.6 is 0 Å². The fourth-order valence-corrected chi connectivity index (χ4v) is 1.54. The van der Waals surface area contributed by atoms with Crippen molar-refractivity contribution in [2.45, 2.75) is 52.6 Å². The third kappa shape index (κ3) is 5.57. The van der Waals surface area contributed by atoms with Crippen LogP contribution in [0.15, 0.2) is 17.0 Å². The number of aromatic nitrogens is 1. The molecule has 3 nitrogen and oxygen atoms in total. The molecule has 0 spiro atoms. The molecule has 1 atom stereocenters. The largest absolute Gasteiger partial charge is 0.364 e. The molecule has 0 bridgehead atoms.